The molecule has 0 aromatic heterocycles. The molecule has 3 unspecified atom stereocenters. The molecule has 0 aromatic carbocycles. The Bertz CT molecular complexity index is 674. The molecular formula is C46H93NO4. The number of unbranched alkanes of at least 4 members (excludes halogenated alkanes) is 34. The molecule has 0 spiro atoms. The van der Waals surface area contributed by atoms with Gasteiger partial charge in [-0.1, -0.05) is 245 Å². The molecule has 0 aliphatic carbocycles. The summed E-state index contributed by atoms with van der Waals surface area (Å²) in [7, 11) is 0. The largest absolute Gasteiger partial charge is 0.394 e. The maximum absolute atomic E-state index is 12.5. The summed E-state index contributed by atoms with van der Waals surface area (Å²) >= 11 is 0. The summed E-state index contributed by atoms with van der Waals surface area (Å²) in [6.07, 6.45) is 47.9. The van der Waals surface area contributed by atoms with Crippen molar-refractivity contribution < 1.29 is 20.1 Å². The van der Waals surface area contributed by atoms with Gasteiger partial charge < -0.3 is 20.6 Å². The van der Waals surface area contributed by atoms with Gasteiger partial charge in [-0.05, 0) is 12.8 Å². The number of hydrogen-bond acceptors (Lipinski definition) is 4. The molecule has 5 heteroatoms. The van der Waals surface area contributed by atoms with Gasteiger partial charge in [0.1, 0.15) is 0 Å². The molecule has 0 rings (SSSR count). The molecular weight excluding hydrogens is 631 g/mol. The summed E-state index contributed by atoms with van der Waals surface area (Å²) in [6, 6.07) is -0.652. The molecule has 0 heterocycles. The van der Waals surface area contributed by atoms with Gasteiger partial charge in [-0.25, -0.2) is 0 Å². The monoisotopic (exact) mass is 724 g/mol. The number of hydrogen-bond donors (Lipinski definition) is 4. The second-order valence-corrected chi connectivity index (χ2v) is 16.4. The zero-order valence-electron chi connectivity index (χ0n) is 34.8. The van der Waals surface area contributed by atoms with E-state index in [1.54, 1.807) is 0 Å². The first-order valence-corrected chi connectivity index (χ1v) is 23.3. The predicted molar refractivity (Wildman–Crippen MR) is 222 cm³/mol. The van der Waals surface area contributed by atoms with Gasteiger partial charge in [0, 0.05) is 0 Å². The van der Waals surface area contributed by atoms with Crippen LogP contribution in [0.3, 0.4) is 0 Å². The van der Waals surface area contributed by atoms with Crippen LogP contribution >= 0.6 is 0 Å². The van der Waals surface area contributed by atoms with E-state index in [1.165, 1.54) is 205 Å². The summed E-state index contributed by atoms with van der Waals surface area (Å²) in [5, 5.41) is 33.4. The number of carbonyl (C=O) groups excluding carboxylic acids is 1. The number of rotatable bonds is 43. The van der Waals surface area contributed by atoms with Crippen LogP contribution in [-0.4, -0.2) is 46.1 Å². The first kappa shape index (κ1) is 50.4. The molecule has 0 radical (unpaired) electrons. The fraction of sp³-hybridized carbons (Fsp3) is 0.978. The fourth-order valence-electron chi connectivity index (χ4n) is 7.58. The molecule has 51 heavy (non-hydrogen) atoms. The molecule has 1 amide bonds. The van der Waals surface area contributed by atoms with Crippen molar-refractivity contribution in [2.75, 3.05) is 6.61 Å². The minimum absolute atomic E-state index is 0.0428. The zero-order valence-corrected chi connectivity index (χ0v) is 34.8. The van der Waals surface area contributed by atoms with Crippen LogP contribution in [-0.2, 0) is 4.79 Å². The van der Waals surface area contributed by atoms with Crippen LogP contribution in [0.25, 0.3) is 0 Å². The topological polar surface area (TPSA) is 89.8 Å². The fourth-order valence-corrected chi connectivity index (χ4v) is 7.58. The van der Waals surface area contributed by atoms with E-state index in [2.05, 4.69) is 19.2 Å². The number of carbonyl (C=O) groups is 1. The Hall–Kier alpha value is -0.650. The first-order chi connectivity index (χ1) is 25.0. The average molecular weight is 724 g/mol. The van der Waals surface area contributed by atoms with Crippen molar-refractivity contribution in [1.82, 2.24) is 5.32 Å². The van der Waals surface area contributed by atoms with Crippen LogP contribution in [0.15, 0.2) is 0 Å². The van der Waals surface area contributed by atoms with Crippen molar-refractivity contribution in [2.45, 2.75) is 283 Å². The van der Waals surface area contributed by atoms with E-state index in [4.69, 9.17) is 0 Å². The van der Waals surface area contributed by atoms with Crippen molar-refractivity contribution >= 4 is 5.91 Å². The second-order valence-electron chi connectivity index (χ2n) is 16.4. The van der Waals surface area contributed by atoms with Crippen molar-refractivity contribution in [3.05, 3.63) is 0 Å². The maximum Gasteiger partial charge on any atom is 0.222 e. The Kier molecular flexibility index (Phi) is 41.6. The molecule has 0 aliphatic heterocycles. The number of aliphatic hydroxyl groups excluding tert-OH is 3. The van der Waals surface area contributed by atoms with Gasteiger partial charge in [-0.3, -0.25) is 4.79 Å². The van der Waals surface area contributed by atoms with Crippen molar-refractivity contribution in [3.8, 4) is 0 Å². The van der Waals surface area contributed by atoms with Crippen molar-refractivity contribution in [2.24, 2.45) is 0 Å². The van der Waals surface area contributed by atoms with Gasteiger partial charge >= 0.3 is 0 Å². The van der Waals surface area contributed by atoms with Crippen LogP contribution < -0.4 is 5.32 Å². The summed E-state index contributed by atoms with van der Waals surface area (Å²) in [5.74, 6) is -0.277. The van der Waals surface area contributed by atoms with Gasteiger partial charge in [-0.15, -0.1) is 0 Å². The van der Waals surface area contributed by atoms with Gasteiger partial charge in [0.25, 0.3) is 0 Å². The van der Waals surface area contributed by atoms with E-state index >= 15 is 0 Å². The molecule has 0 fully saturated rings. The van der Waals surface area contributed by atoms with Crippen molar-refractivity contribution in [3.63, 3.8) is 0 Å². The van der Waals surface area contributed by atoms with E-state index in [0.717, 1.165) is 25.7 Å². The summed E-state index contributed by atoms with van der Waals surface area (Å²) < 4.78 is 0. The Balaban J connectivity index is 3.55. The lowest BCUT2D eigenvalue weighted by Crippen LogP contribution is -2.46. The normalized spacial score (nSPS) is 13.4. The molecule has 5 nitrogen and oxygen atoms in total. The van der Waals surface area contributed by atoms with E-state index in [0.29, 0.717) is 12.8 Å². The Labute approximate surface area is 319 Å². The summed E-state index contributed by atoms with van der Waals surface area (Å²) in [6.45, 7) is 4.29. The van der Waals surface area contributed by atoms with Crippen molar-refractivity contribution in [1.29, 1.82) is 0 Å². The molecule has 0 aliphatic rings. The maximum atomic E-state index is 12.5. The lowest BCUT2D eigenvalue weighted by molar-refractivity contribution is -0.125. The second kappa shape index (κ2) is 42.1. The minimum Gasteiger partial charge on any atom is -0.394 e. The molecule has 0 saturated carbocycles. The van der Waals surface area contributed by atoms with Crippen LogP contribution in [0.5, 0.6) is 0 Å². The minimum atomic E-state index is -0.744. The third-order valence-electron chi connectivity index (χ3n) is 11.2. The van der Waals surface area contributed by atoms with E-state index in [9.17, 15) is 20.1 Å². The third-order valence-corrected chi connectivity index (χ3v) is 11.2. The van der Waals surface area contributed by atoms with Crippen LogP contribution in [0.1, 0.15) is 264 Å². The number of aliphatic hydroxyl groups is 3. The van der Waals surface area contributed by atoms with Gasteiger partial charge in [0.2, 0.25) is 5.91 Å². The van der Waals surface area contributed by atoms with Gasteiger partial charge in [-0.2, -0.15) is 0 Å². The van der Waals surface area contributed by atoms with Crippen LogP contribution in [0.4, 0.5) is 0 Å². The smallest absolute Gasteiger partial charge is 0.222 e. The predicted octanol–water partition coefficient (Wildman–Crippen LogP) is 13.4. The van der Waals surface area contributed by atoms with Crippen LogP contribution in [0, 0.1) is 0 Å². The molecule has 0 aromatic rings. The van der Waals surface area contributed by atoms with Crippen LogP contribution in [0.2, 0.25) is 0 Å². The lowest BCUT2D eigenvalue weighted by Gasteiger charge is -2.23. The summed E-state index contributed by atoms with van der Waals surface area (Å²) in [5.41, 5.74) is 0. The van der Waals surface area contributed by atoms with E-state index < -0.39 is 18.2 Å². The third kappa shape index (κ3) is 38.9. The molecule has 306 valence electrons. The molecule has 4 N–H and O–H groups in total. The number of amides is 1. The Morgan fingerprint density at radius 2 is 0.667 bits per heavy atom. The highest BCUT2D eigenvalue weighted by Crippen LogP contribution is 2.17. The van der Waals surface area contributed by atoms with E-state index in [-0.39, 0.29) is 18.9 Å². The molecule has 0 bridgehead atoms. The molecule has 3 atom stereocenters. The highest BCUT2D eigenvalue weighted by Gasteiger charge is 2.21. The number of nitrogens with one attached hydrogen (secondary N) is 1. The quantitative estimate of drug-likeness (QED) is 0.0472. The Morgan fingerprint density at radius 3 is 0.941 bits per heavy atom. The van der Waals surface area contributed by atoms with Gasteiger partial charge in [0.05, 0.1) is 31.3 Å². The average Bonchev–Trinajstić information content (AvgIpc) is 3.12. The molecule has 0 saturated heterocycles. The lowest BCUT2D eigenvalue weighted by atomic mass is 10.0. The Morgan fingerprint density at radius 1 is 0.412 bits per heavy atom. The highest BCUT2D eigenvalue weighted by molar-refractivity contribution is 5.76. The highest BCUT2D eigenvalue weighted by atomic mass is 16.3. The SMILES string of the molecule is CCCCCCCCCCCCCCCCCCCCCCCC(O)C(CO)NC(=O)CC(O)CCCCCCCCCCCCCCCCC. The zero-order chi connectivity index (χ0) is 37.3. The van der Waals surface area contributed by atoms with E-state index in [1.807, 2.05) is 0 Å². The van der Waals surface area contributed by atoms with Gasteiger partial charge in [0.15, 0.2) is 0 Å². The first-order valence-electron chi connectivity index (χ1n) is 23.3. The summed E-state index contributed by atoms with van der Waals surface area (Å²) in [4.78, 5) is 12.5. The standard InChI is InChI=1S/C46H93NO4/c1-3-5-7-9-11-13-15-17-19-20-21-22-23-24-26-28-30-32-34-36-38-40-45(50)44(42-48)47-46(51)41-43(49)39-37-35-33-31-29-27-25-18-16-14-12-10-8-6-4-2/h43-45,48-50H,3-42H2,1-2H3,(H,47,51).